The summed E-state index contributed by atoms with van der Waals surface area (Å²) >= 11 is 3.45. The number of hydrogen-bond acceptors (Lipinski definition) is 4. The molecule has 4 nitrogen and oxygen atoms in total. The Hall–Kier alpha value is -1.63. The first kappa shape index (κ1) is 18.2. The molecule has 1 saturated heterocycles. The lowest BCUT2D eigenvalue weighted by atomic mass is 10.1. The van der Waals surface area contributed by atoms with E-state index in [9.17, 15) is 9.50 Å². The molecular formula is C19H22BrFN2O2. The molecule has 1 aliphatic rings. The van der Waals surface area contributed by atoms with Gasteiger partial charge in [0.2, 0.25) is 0 Å². The summed E-state index contributed by atoms with van der Waals surface area (Å²) in [5.74, 6) is 0.563. The van der Waals surface area contributed by atoms with E-state index in [4.69, 9.17) is 4.74 Å². The second-order valence-electron chi connectivity index (χ2n) is 6.15. The standard InChI is InChI=1S/C19H22BrFN2O2/c1-25-19-7-6-14(12-15(19)20)18(24)13-22-8-10-23(11-9-22)17-5-3-2-4-16(17)21/h2-7,12,18,24H,8-11,13H2,1H3. The highest BCUT2D eigenvalue weighted by Gasteiger charge is 2.21. The second kappa shape index (κ2) is 8.17. The fourth-order valence-corrected chi connectivity index (χ4v) is 3.68. The van der Waals surface area contributed by atoms with Crippen LogP contribution in [0.15, 0.2) is 46.9 Å². The Kier molecular flexibility index (Phi) is 5.93. The molecule has 0 aliphatic carbocycles. The van der Waals surface area contributed by atoms with Crippen molar-refractivity contribution in [3.05, 3.63) is 58.3 Å². The van der Waals surface area contributed by atoms with E-state index in [0.29, 0.717) is 12.2 Å². The van der Waals surface area contributed by atoms with E-state index in [1.807, 2.05) is 30.3 Å². The molecular weight excluding hydrogens is 387 g/mol. The number of hydrogen-bond donors (Lipinski definition) is 1. The Balaban J connectivity index is 1.57. The summed E-state index contributed by atoms with van der Waals surface area (Å²) in [6, 6.07) is 12.5. The van der Waals surface area contributed by atoms with Crippen LogP contribution >= 0.6 is 15.9 Å². The van der Waals surface area contributed by atoms with Crippen molar-refractivity contribution in [2.24, 2.45) is 0 Å². The van der Waals surface area contributed by atoms with Crippen LogP contribution in [0.2, 0.25) is 0 Å². The number of anilines is 1. The van der Waals surface area contributed by atoms with Gasteiger partial charge in [0.1, 0.15) is 11.6 Å². The zero-order chi connectivity index (χ0) is 17.8. The van der Waals surface area contributed by atoms with Crippen molar-refractivity contribution in [1.29, 1.82) is 0 Å². The topological polar surface area (TPSA) is 35.9 Å². The summed E-state index contributed by atoms with van der Waals surface area (Å²) in [5, 5.41) is 10.5. The summed E-state index contributed by atoms with van der Waals surface area (Å²) in [6.45, 7) is 3.65. The van der Waals surface area contributed by atoms with Crippen molar-refractivity contribution in [3.63, 3.8) is 0 Å². The Bertz CT molecular complexity index is 720. The number of piperazine rings is 1. The predicted octanol–water partition coefficient (Wildman–Crippen LogP) is 3.45. The van der Waals surface area contributed by atoms with Crippen LogP contribution in [0.3, 0.4) is 0 Å². The van der Waals surface area contributed by atoms with E-state index in [1.165, 1.54) is 6.07 Å². The molecule has 1 atom stereocenters. The molecule has 6 heteroatoms. The molecule has 0 saturated carbocycles. The maximum atomic E-state index is 13.9. The minimum Gasteiger partial charge on any atom is -0.496 e. The molecule has 0 spiro atoms. The quantitative estimate of drug-likeness (QED) is 0.821. The fraction of sp³-hybridized carbons (Fsp3) is 0.368. The number of para-hydroxylation sites is 1. The van der Waals surface area contributed by atoms with Crippen molar-refractivity contribution < 1.29 is 14.2 Å². The summed E-state index contributed by atoms with van der Waals surface area (Å²) in [4.78, 5) is 4.27. The van der Waals surface area contributed by atoms with Gasteiger partial charge in [-0.2, -0.15) is 0 Å². The van der Waals surface area contributed by atoms with Gasteiger partial charge in [-0.25, -0.2) is 4.39 Å². The molecule has 0 aromatic heterocycles. The minimum absolute atomic E-state index is 0.181. The van der Waals surface area contributed by atoms with E-state index >= 15 is 0 Å². The van der Waals surface area contributed by atoms with Gasteiger partial charge in [0, 0.05) is 32.7 Å². The molecule has 2 aromatic carbocycles. The maximum absolute atomic E-state index is 13.9. The number of aliphatic hydroxyl groups excluding tert-OH is 1. The predicted molar refractivity (Wildman–Crippen MR) is 101 cm³/mol. The molecule has 1 heterocycles. The van der Waals surface area contributed by atoms with E-state index in [2.05, 4.69) is 25.7 Å². The highest BCUT2D eigenvalue weighted by atomic mass is 79.9. The van der Waals surface area contributed by atoms with Crippen LogP contribution in [-0.2, 0) is 0 Å². The van der Waals surface area contributed by atoms with Gasteiger partial charge in [-0.1, -0.05) is 18.2 Å². The smallest absolute Gasteiger partial charge is 0.146 e. The van der Waals surface area contributed by atoms with Gasteiger partial charge in [-0.05, 0) is 45.8 Å². The van der Waals surface area contributed by atoms with Crippen molar-refractivity contribution >= 4 is 21.6 Å². The monoisotopic (exact) mass is 408 g/mol. The Labute approximate surface area is 155 Å². The molecule has 0 radical (unpaired) electrons. The molecule has 0 bridgehead atoms. The SMILES string of the molecule is COc1ccc(C(O)CN2CCN(c3ccccc3F)CC2)cc1Br. The van der Waals surface area contributed by atoms with Gasteiger partial charge < -0.3 is 14.7 Å². The molecule has 134 valence electrons. The van der Waals surface area contributed by atoms with Crippen LogP contribution in [0.4, 0.5) is 10.1 Å². The minimum atomic E-state index is -0.567. The van der Waals surface area contributed by atoms with Crippen LogP contribution in [0.25, 0.3) is 0 Å². The van der Waals surface area contributed by atoms with Crippen LogP contribution in [-0.4, -0.2) is 49.8 Å². The van der Waals surface area contributed by atoms with Gasteiger partial charge in [-0.3, -0.25) is 4.90 Å². The highest BCUT2D eigenvalue weighted by Crippen LogP contribution is 2.28. The van der Waals surface area contributed by atoms with E-state index in [-0.39, 0.29) is 5.82 Å². The van der Waals surface area contributed by atoms with E-state index in [1.54, 1.807) is 13.2 Å². The lowest BCUT2D eigenvalue weighted by Crippen LogP contribution is -2.47. The first-order valence-corrected chi connectivity index (χ1v) is 9.11. The summed E-state index contributed by atoms with van der Waals surface area (Å²) < 4.78 is 19.9. The molecule has 0 amide bonds. The van der Waals surface area contributed by atoms with Gasteiger partial charge in [0.15, 0.2) is 0 Å². The normalized spacial score (nSPS) is 16.7. The van der Waals surface area contributed by atoms with Crippen molar-refractivity contribution in [3.8, 4) is 5.75 Å². The Morgan fingerprint density at radius 3 is 2.52 bits per heavy atom. The summed E-state index contributed by atoms with van der Waals surface area (Å²) in [6.07, 6.45) is -0.567. The first-order valence-electron chi connectivity index (χ1n) is 8.32. The van der Waals surface area contributed by atoms with Crippen LogP contribution in [0.1, 0.15) is 11.7 Å². The lowest BCUT2D eigenvalue weighted by Gasteiger charge is -2.37. The van der Waals surface area contributed by atoms with Crippen molar-refractivity contribution in [2.75, 3.05) is 44.7 Å². The molecule has 25 heavy (non-hydrogen) atoms. The van der Waals surface area contributed by atoms with Crippen molar-refractivity contribution in [2.45, 2.75) is 6.10 Å². The maximum Gasteiger partial charge on any atom is 0.146 e. The van der Waals surface area contributed by atoms with Gasteiger partial charge in [-0.15, -0.1) is 0 Å². The zero-order valence-corrected chi connectivity index (χ0v) is 15.7. The first-order chi connectivity index (χ1) is 12.1. The Morgan fingerprint density at radius 2 is 1.88 bits per heavy atom. The number of aliphatic hydroxyl groups is 1. The highest BCUT2D eigenvalue weighted by molar-refractivity contribution is 9.10. The molecule has 3 rings (SSSR count). The largest absolute Gasteiger partial charge is 0.496 e. The second-order valence-corrected chi connectivity index (χ2v) is 7.00. The Morgan fingerprint density at radius 1 is 1.16 bits per heavy atom. The average Bonchev–Trinajstić information content (AvgIpc) is 2.63. The lowest BCUT2D eigenvalue weighted by molar-refractivity contribution is 0.109. The number of rotatable bonds is 5. The molecule has 2 aromatic rings. The summed E-state index contributed by atoms with van der Waals surface area (Å²) in [7, 11) is 1.62. The van der Waals surface area contributed by atoms with Crippen LogP contribution in [0, 0.1) is 5.82 Å². The summed E-state index contributed by atoms with van der Waals surface area (Å²) in [5.41, 5.74) is 1.51. The third-order valence-corrected chi connectivity index (χ3v) is 5.18. The number of ether oxygens (including phenoxy) is 1. The fourth-order valence-electron chi connectivity index (χ4n) is 3.12. The number of nitrogens with zero attached hydrogens (tertiary/aromatic N) is 2. The zero-order valence-electron chi connectivity index (χ0n) is 14.2. The van der Waals surface area contributed by atoms with Crippen LogP contribution < -0.4 is 9.64 Å². The number of β-amino-alcohol motifs (C(OH)–C–C–N with tert-alkyl or cyclic N) is 1. The average molecular weight is 409 g/mol. The van der Waals surface area contributed by atoms with Crippen molar-refractivity contribution in [1.82, 2.24) is 4.90 Å². The number of benzene rings is 2. The third kappa shape index (κ3) is 4.32. The number of halogens is 2. The van der Waals surface area contributed by atoms with Crippen LogP contribution in [0.5, 0.6) is 5.75 Å². The van der Waals surface area contributed by atoms with Gasteiger partial charge in [0.25, 0.3) is 0 Å². The molecule has 1 unspecified atom stereocenters. The van der Waals surface area contributed by atoms with E-state index < -0.39 is 6.10 Å². The van der Waals surface area contributed by atoms with Gasteiger partial charge >= 0.3 is 0 Å². The number of methoxy groups -OCH3 is 1. The van der Waals surface area contributed by atoms with Gasteiger partial charge in [0.05, 0.1) is 23.4 Å². The third-order valence-electron chi connectivity index (χ3n) is 4.56. The molecule has 1 N–H and O–H groups in total. The molecule has 1 aliphatic heterocycles. The molecule has 1 fully saturated rings. The van der Waals surface area contributed by atoms with E-state index in [0.717, 1.165) is 42.0 Å².